The van der Waals surface area contributed by atoms with Crippen LogP contribution in [0.4, 0.5) is 0 Å². The number of hydrogen-bond donors (Lipinski definition) is 2. The van der Waals surface area contributed by atoms with Crippen LogP contribution in [0.25, 0.3) is 0 Å². The molecule has 0 aromatic heterocycles. The molecular weight excluding hydrogens is 334 g/mol. The molecule has 0 unspecified atom stereocenters. The molecule has 0 bridgehead atoms. The van der Waals surface area contributed by atoms with Crippen LogP contribution >= 0.6 is 0 Å². The molecule has 2 rings (SSSR count). The zero-order chi connectivity index (χ0) is 19.2. The number of benzene rings is 1. The Labute approximate surface area is 153 Å². The number of aliphatic carboxylic acids is 1. The number of carbonyl (C=O) groups excluding carboxylic acids is 2. The SMILES string of the molecule is CCC[C@@]1(C(=O)O)CN(C(=O)CCCC(=O)c2ccccc2)CC[C@H]1O. The van der Waals surface area contributed by atoms with E-state index in [1.165, 1.54) is 4.90 Å². The van der Waals surface area contributed by atoms with Gasteiger partial charge in [-0.2, -0.15) is 0 Å². The van der Waals surface area contributed by atoms with Gasteiger partial charge in [-0.1, -0.05) is 43.7 Å². The van der Waals surface area contributed by atoms with E-state index in [-0.39, 0.29) is 37.5 Å². The van der Waals surface area contributed by atoms with Crippen LogP contribution in [0.3, 0.4) is 0 Å². The van der Waals surface area contributed by atoms with Gasteiger partial charge in [0.25, 0.3) is 0 Å². The number of Topliss-reactive ketones (excluding diaryl/α,β-unsaturated/α-hetero) is 1. The van der Waals surface area contributed by atoms with Crippen molar-refractivity contribution in [3.8, 4) is 0 Å². The number of ketones is 1. The normalized spacial score (nSPS) is 22.8. The number of hydrogen-bond acceptors (Lipinski definition) is 4. The summed E-state index contributed by atoms with van der Waals surface area (Å²) in [5, 5.41) is 19.9. The molecular formula is C20H27NO5. The lowest BCUT2D eigenvalue weighted by Crippen LogP contribution is -2.57. The van der Waals surface area contributed by atoms with Gasteiger partial charge >= 0.3 is 5.97 Å². The maximum atomic E-state index is 12.5. The number of rotatable bonds is 8. The van der Waals surface area contributed by atoms with Gasteiger partial charge in [-0.15, -0.1) is 0 Å². The molecule has 0 aliphatic carbocycles. The lowest BCUT2D eigenvalue weighted by atomic mass is 9.74. The average Bonchev–Trinajstić information content (AvgIpc) is 2.64. The molecule has 6 nitrogen and oxygen atoms in total. The first-order valence-corrected chi connectivity index (χ1v) is 9.18. The van der Waals surface area contributed by atoms with E-state index in [0.29, 0.717) is 31.4 Å². The second-order valence-corrected chi connectivity index (χ2v) is 6.97. The third-order valence-corrected chi connectivity index (χ3v) is 5.15. The minimum absolute atomic E-state index is 0.00154. The molecule has 1 aromatic rings. The van der Waals surface area contributed by atoms with Crippen molar-refractivity contribution < 1.29 is 24.6 Å². The number of aliphatic hydroxyl groups excluding tert-OH is 1. The molecule has 0 radical (unpaired) electrons. The number of amides is 1. The van der Waals surface area contributed by atoms with Gasteiger partial charge in [0.05, 0.1) is 6.10 Å². The van der Waals surface area contributed by atoms with Crippen LogP contribution in [0.15, 0.2) is 30.3 Å². The van der Waals surface area contributed by atoms with Crippen molar-refractivity contribution >= 4 is 17.7 Å². The highest BCUT2D eigenvalue weighted by atomic mass is 16.4. The summed E-state index contributed by atoms with van der Waals surface area (Å²) in [5.74, 6) is -1.21. The average molecular weight is 361 g/mol. The van der Waals surface area contributed by atoms with Gasteiger partial charge in [0.2, 0.25) is 5.91 Å². The summed E-state index contributed by atoms with van der Waals surface area (Å²) >= 11 is 0. The molecule has 1 aliphatic heterocycles. The van der Waals surface area contributed by atoms with Gasteiger partial charge < -0.3 is 15.1 Å². The third-order valence-electron chi connectivity index (χ3n) is 5.15. The zero-order valence-electron chi connectivity index (χ0n) is 15.2. The van der Waals surface area contributed by atoms with Crippen molar-refractivity contribution in [1.82, 2.24) is 4.90 Å². The smallest absolute Gasteiger partial charge is 0.314 e. The second-order valence-electron chi connectivity index (χ2n) is 6.97. The van der Waals surface area contributed by atoms with Crippen LogP contribution in [-0.4, -0.2) is 52.0 Å². The topological polar surface area (TPSA) is 94.9 Å². The minimum atomic E-state index is -1.29. The van der Waals surface area contributed by atoms with Crippen molar-refractivity contribution in [1.29, 1.82) is 0 Å². The number of carboxylic acid groups (broad SMARTS) is 1. The Morgan fingerprint density at radius 3 is 2.50 bits per heavy atom. The van der Waals surface area contributed by atoms with Gasteiger partial charge in [0.15, 0.2) is 5.78 Å². The van der Waals surface area contributed by atoms with Gasteiger partial charge in [-0.05, 0) is 19.3 Å². The van der Waals surface area contributed by atoms with Crippen molar-refractivity contribution in [3.05, 3.63) is 35.9 Å². The minimum Gasteiger partial charge on any atom is -0.481 e. The molecule has 142 valence electrons. The third kappa shape index (κ3) is 4.49. The van der Waals surface area contributed by atoms with Crippen molar-refractivity contribution in [3.63, 3.8) is 0 Å². The van der Waals surface area contributed by atoms with Crippen molar-refractivity contribution in [2.45, 2.75) is 51.6 Å². The Morgan fingerprint density at radius 1 is 1.19 bits per heavy atom. The summed E-state index contributed by atoms with van der Waals surface area (Å²) < 4.78 is 0. The Hall–Kier alpha value is -2.21. The standard InChI is InChI=1S/C20H27NO5/c1-2-12-20(19(25)26)14-21(13-11-17(20)23)18(24)10-6-9-16(22)15-7-4-3-5-8-15/h3-5,7-8,17,23H,2,6,9-14H2,1H3,(H,25,26)/t17-,20-/m1/s1. The van der Waals surface area contributed by atoms with E-state index in [2.05, 4.69) is 0 Å². The molecule has 2 atom stereocenters. The van der Waals surface area contributed by atoms with E-state index in [1.807, 2.05) is 13.0 Å². The van der Waals surface area contributed by atoms with E-state index in [0.717, 1.165) is 0 Å². The first-order valence-electron chi connectivity index (χ1n) is 9.18. The first-order chi connectivity index (χ1) is 12.4. The maximum absolute atomic E-state index is 12.5. The summed E-state index contributed by atoms with van der Waals surface area (Å²) in [6, 6.07) is 8.95. The van der Waals surface area contributed by atoms with Gasteiger partial charge in [-0.3, -0.25) is 14.4 Å². The fourth-order valence-corrected chi connectivity index (χ4v) is 3.63. The maximum Gasteiger partial charge on any atom is 0.314 e. The molecule has 1 aromatic carbocycles. The quantitative estimate of drug-likeness (QED) is 0.694. The predicted molar refractivity (Wildman–Crippen MR) is 96.8 cm³/mol. The largest absolute Gasteiger partial charge is 0.481 e. The molecule has 0 saturated carbocycles. The van der Waals surface area contributed by atoms with E-state index >= 15 is 0 Å². The lowest BCUT2D eigenvalue weighted by molar-refractivity contribution is -0.166. The highest BCUT2D eigenvalue weighted by Crippen LogP contribution is 2.35. The van der Waals surface area contributed by atoms with Gasteiger partial charge in [0.1, 0.15) is 5.41 Å². The van der Waals surface area contributed by atoms with Crippen LogP contribution in [0.5, 0.6) is 0 Å². The first kappa shape index (κ1) is 20.1. The summed E-state index contributed by atoms with van der Waals surface area (Å²) in [5.41, 5.74) is -0.656. The summed E-state index contributed by atoms with van der Waals surface area (Å²) in [7, 11) is 0. The van der Waals surface area contributed by atoms with E-state index in [4.69, 9.17) is 0 Å². The predicted octanol–water partition coefficient (Wildman–Crippen LogP) is 2.50. The summed E-state index contributed by atoms with van der Waals surface area (Å²) in [4.78, 5) is 37.9. The fraction of sp³-hybridized carbons (Fsp3) is 0.550. The highest BCUT2D eigenvalue weighted by molar-refractivity contribution is 5.96. The van der Waals surface area contributed by atoms with Crippen LogP contribution in [0.2, 0.25) is 0 Å². The Balaban J connectivity index is 1.91. The van der Waals surface area contributed by atoms with Crippen LogP contribution < -0.4 is 0 Å². The van der Waals surface area contributed by atoms with Gasteiger partial charge in [-0.25, -0.2) is 0 Å². The Morgan fingerprint density at radius 2 is 1.88 bits per heavy atom. The van der Waals surface area contributed by atoms with Crippen LogP contribution in [-0.2, 0) is 9.59 Å². The Kier molecular flexibility index (Phi) is 6.91. The molecule has 1 fully saturated rings. The van der Waals surface area contributed by atoms with E-state index < -0.39 is 17.5 Å². The zero-order valence-corrected chi connectivity index (χ0v) is 15.2. The molecule has 2 N–H and O–H groups in total. The van der Waals surface area contributed by atoms with Crippen LogP contribution in [0.1, 0.15) is 55.8 Å². The molecule has 0 spiro atoms. The second kappa shape index (κ2) is 8.94. The number of carboxylic acids is 1. The van der Waals surface area contributed by atoms with Crippen molar-refractivity contribution in [2.24, 2.45) is 5.41 Å². The lowest BCUT2D eigenvalue weighted by Gasteiger charge is -2.43. The number of carbonyl (C=O) groups is 3. The number of aliphatic hydroxyl groups is 1. The molecule has 1 aliphatic rings. The monoisotopic (exact) mass is 361 g/mol. The summed E-state index contributed by atoms with van der Waals surface area (Å²) in [6.07, 6.45) is 1.20. The van der Waals surface area contributed by atoms with Crippen molar-refractivity contribution in [2.75, 3.05) is 13.1 Å². The molecule has 6 heteroatoms. The van der Waals surface area contributed by atoms with E-state index in [9.17, 15) is 24.6 Å². The number of likely N-dealkylation sites (tertiary alicyclic amines) is 1. The summed E-state index contributed by atoms with van der Waals surface area (Å²) in [6.45, 7) is 2.25. The molecule has 26 heavy (non-hydrogen) atoms. The van der Waals surface area contributed by atoms with Crippen LogP contribution in [0, 0.1) is 5.41 Å². The van der Waals surface area contributed by atoms with E-state index in [1.54, 1.807) is 24.3 Å². The molecule has 1 amide bonds. The molecule has 1 heterocycles. The molecule has 1 saturated heterocycles. The van der Waals surface area contributed by atoms with Gasteiger partial charge in [0, 0.05) is 31.5 Å². The fourth-order valence-electron chi connectivity index (χ4n) is 3.63. The Bertz CT molecular complexity index is 645. The highest BCUT2D eigenvalue weighted by Gasteiger charge is 2.49. The number of nitrogens with zero attached hydrogens (tertiary/aromatic N) is 1. The number of piperidine rings is 1.